The summed E-state index contributed by atoms with van der Waals surface area (Å²) in [5, 5.41) is 2.84. The average molecular weight is 275 g/mol. The lowest BCUT2D eigenvalue weighted by Gasteiger charge is -2.13. The number of nitrogens with one attached hydrogen (secondary N) is 1. The second-order valence-electron chi connectivity index (χ2n) is 4.37. The van der Waals surface area contributed by atoms with E-state index in [1.165, 1.54) is 6.26 Å². The quantitative estimate of drug-likeness (QED) is 0.931. The summed E-state index contributed by atoms with van der Waals surface area (Å²) in [5.41, 5.74) is 2.07. The van der Waals surface area contributed by atoms with Crippen LogP contribution < -0.4 is 14.8 Å². The molecule has 0 bridgehead atoms. The summed E-state index contributed by atoms with van der Waals surface area (Å²) in [5.74, 6) is 1.56. The topological polar surface area (TPSA) is 60.7 Å². The van der Waals surface area contributed by atoms with Crippen molar-refractivity contribution < 1.29 is 18.7 Å². The number of furan rings is 1. The molecule has 0 radical (unpaired) electrons. The Bertz CT molecular complexity index is 631. The van der Waals surface area contributed by atoms with Gasteiger partial charge in [-0.2, -0.15) is 0 Å². The fourth-order valence-electron chi connectivity index (χ4n) is 1.93. The van der Waals surface area contributed by atoms with E-state index >= 15 is 0 Å². The summed E-state index contributed by atoms with van der Waals surface area (Å²) in [4.78, 5) is 12.2. The van der Waals surface area contributed by atoms with Crippen LogP contribution in [0.15, 0.2) is 28.9 Å². The zero-order chi connectivity index (χ0) is 14.7. The lowest BCUT2D eigenvalue weighted by Crippen LogP contribution is -2.13. The van der Waals surface area contributed by atoms with Crippen molar-refractivity contribution in [3.05, 3.63) is 41.3 Å². The number of hydrogen-bond donors (Lipinski definition) is 1. The van der Waals surface area contributed by atoms with Crippen LogP contribution in [-0.4, -0.2) is 20.1 Å². The molecule has 0 saturated carbocycles. The molecule has 1 heterocycles. The first-order chi connectivity index (χ1) is 9.56. The van der Waals surface area contributed by atoms with Crippen molar-refractivity contribution in [1.82, 2.24) is 0 Å². The molecular formula is C15H17NO4. The lowest BCUT2D eigenvalue weighted by molar-refractivity contribution is 0.102. The second-order valence-corrected chi connectivity index (χ2v) is 4.37. The van der Waals surface area contributed by atoms with E-state index in [1.54, 1.807) is 33.3 Å². The molecule has 0 spiro atoms. The molecule has 0 aliphatic heterocycles. The largest absolute Gasteiger partial charge is 0.493 e. The summed E-state index contributed by atoms with van der Waals surface area (Å²) in [6.45, 7) is 3.64. The Morgan fingerprint density at radius 1 is 1.15 bits per heavy atom. The number of carbonyl (C=O) groups is 1. The number of ether oxygens (including phenoxy) is 2. The SMILES string of the molecule is COc1cc(C)c(NC(=O)c2ccoc2C)cc1OC. The zero-order valence-corrected chi connectivity index (χ0v) is 11.9. The molecule has 1 N–H and O–H groups in total. The number of methoxy groups -OCH3 is 2. The predicted molar refractivity (Wildman–Crippen MR) is 75.7 cm³/mol. The third-order valence-corrected chi connectivity index (χ3v) is 3.08. The van der Waals surface area contributed by atoms with Gasteiger partial charge in [-0.25, -0.2) is 0 Å². The van der Waals surface area contributed by atoms with Crippen LogP contribution in [0.3, 0.4) is 0 Å². The van der Waals surface area contributed by atoms with Gasteiger partial charge in [0, 0.05) is 11.8 Å². The van der Waals surface area contributed by atoms with Crippen molar-refractivity contribution in [3.63, 3.8) is 0 Å². The van der Waals surface area contributed by atoms with Crippen molar-refractivity contribution >= 4 is 11.6 Å². The normalized spacial score (nSPS) is 10.2. The maximum absolute atomic E-state index is 12.2. The summed E-state index contributed by atoms with van der Waals surface area (Å²) < 4.78 is 15.6. The number of amides is 1. The monoisotopic (exact) mass is 275 g/mol. The van der Waals surface area contributed by atoms with Crippen molar-refractivity contribution in [1.29, 1.82) is 0 Å². The molecule has 1 aromatic carbocycles. The third kappa shape index (κ3) is 2.61. The number of carbonyl (C=O) groups excluding carboxylic acids is 1. The van der Waals surface area contributed by atoms with Gasteiger partial charge in [0.25, 0.3) is 5.91 Å². The van der Waals surface area contributed by atoms with Crippen LogP contribution in [0.4, 0.5) is 5.69 Å². The van der Waals surface area contributed by atoms with Crippen LogP contribution in [0.1, 0.15) is 21.7 Å². The number of rotatable bonds is 4. The van der Waals surface area contributed by atoms with Crippen molar-refractivity contribution in [2.75, 3.05) is 19.5 Å². The molecule has 0 saturated heterocycles. The van der Waals surface area contributed by atoms with Crippen LogP contribution in [0.5, 0.6) is 11.5 Å². The van der Waals surface area contributed by atoms with E-state index in [-0.39, 0.29) is 5.91 Å². The highest BCUT2D eigenvalue weighted by atomic mass is 16.5. The van der Waals surface area contributed by atoms with E-state index in [4.69, 9.17) is 13.9 Å². The molecule has 0 aliphatic carbocycles. The Labute approximate surface area is 117 Å². The van der Waals surface area contributed by atoms with E-state index in [1.807, 2.05) is 13.0 Å². The van der Waals surface area contributed by atoms with Gasteiger partial charge in [-0.05, 0) is 31.5 Å². The maximum Gasteiger partial charge on any atom is 0.259 e. The first-order valence-corrected chi connectivity index (χ1v) is 6.15. The summed E-state index contributed by atoms with van der Waals surface area (Å²) in [6, 6.07) is 5.19. The molecule has 20 heavy (non-hydrogen) atoms. The van der Waals surface area contributed by atoms with Crippen molar-refractivity contribution in [3.8, 4) is 11.5 Å². The molecule has 106 valence electrons. The molecule has 0 aliphatic rings. The van der Waals surface area contributed by atoms with E-state index < -0.39 is 0 Å². The molecule has 2 aromatic rings. The highest BCUT2D eigenvalue weighted by Crippen LogP contribution is 2.33. The van der Waals surface area contributed by atoms with E-state index in [0.717, 1.165) is 5.56 Å². The minimum absolute atomic E-state index is 0.216. The first kappa shape index (κ1) is 14.0. The number of hydrogen-bond acceptors (Lipinski definition) is 4. The first-order valence-electron chi connectivity index (χ1n) is 6.15. The van der Waals surface area contributed by atoms with Gasteiger partial charge in [0.2, 0.25) is 0 Å². The summed E-state index contributed by atoms with van der Waals surface area (Å²) in [7, 11) is 3.13. The van der Waals surface area contributed by atoms with Crippen molar-refractivity contribution in [2.45, 2.75) is 13.8 Å². The van der Waals surface area contributed by atoms with Crippen LogP contribution in [0, 0.1) is 13.8 Å². The van der Waals surface area contributed by atoms with Gasteiger partial charge in [-0.15, -0.1) is 0 Å². The number of anilines is 1. The third-order valence-electron chi connectivity index (χ3n) is 3.08. The van der Waals surface area contributed by atoms with Crippen LogP contribution in [0.2, 0.25) is 0 Å². The molecule has 1 amide bonds. The standard InChI is InChI=1S/C15H17NO4/c1-9-7-13(18-3)14(19-4)8-12(9)16-15(17)11-5-6-20-10(11)2/h5-8H,1-4H3,(H,16,17). The van der Waals surface area contributed by atoms with E-state index in [0.29, 0.717) is 28.5 Å². The summed E-state index contributed by atoms with van der Waals surface area (Å²) >= 11 is 0. The Kier molecular flexibility index (Phi) is 3.98. The fourth-order valence-corrected chi connectivity index (χ4v) is 1.93. The Hall–Kier alpha value is -2.43. The highest BCUT2D eigenvalue weighted by molar-refractivity contribution is 6.05. The van der Waals surface area contributed by atoms with Gasteiger partial charge < -0.3 is 19.2 Å². The molecule has 0 fully saturated rings. The van der Waals surface area contributed by atoms with E-state index in [2.05, 4.69) is 5.32 Å². The Balaban J connectivity index is 2.30. The maximum atomic E-state index is 12.2. The van der Waals surface area contributed by atoms with Gasteiger partial charge in [-0.3, -0.25) is 4.79 Å². The molecule has 1 aromatic heterocycles. The van der Waals surface area contributed by atoms with Gasteiger partial charge >= 0.3 is 0 Å². The minimum atomic E-state index is -0.216. The van der Waals surface area contributed by atoms with E-state index in [9.17, 15) is 4.79 Å². The van der Waals surface area contributed by atoms with Gasteiger partial charge in [0.1, 0.15) is 5.76 Å². The highest BCUT2D eigenvalue weighted by Gasteiger charge is 2.14. The Morgan fingerprint density at radius 2 is 1.80 bits per heavy atom. The minimum Gasteiger partial charge on any atom is -0.493 e. The zero-order valence-electron chi connectivity index (χ0n) is 11.9. The lowest BCUT2D eigenvalue weighted by atomic mass is 10.1. The van der Waals surface area contributed by atoms with Crippen LogP contribution >= 0.6 is 0 Å². The molecule has 0 unspecified atom stereocenters. The average Bonchev–Trinajstić information content (AvgIpc) is 2.86. The van der Waals surface area contributed by atoms with Gasteiger partial charge in [-0.1, -0.05) is 0 Å². The smallest absolute Gasteiger partial charge is 0.259 e. The van der Waals surface area contributed by atoms with Gasteiger partial charge in [0.15, 0.2) is 11.5 Å². The van der Waals surface area contributed by atoms with Gasteiger partial charge in [0.05, 0.1) is 26.0 Å². The fraction of sp³-hybridized carbons (Fsp3) is 0.267. The molecular weight excluding hydrogens is 258 g/mol. The molecule has 5 nitrogen and oxygen atoms in total. The second kappa shape index (κ2) is 5.69. The molecule has 0 atom stereocenters. The predicted octanol–water partition coefficient (Wildman–Crippen LogP) is 3.17. The van der Waals surface area contributed by atoms with Crippen LogP contribution in [-0.2, 0) is 0 Å². The number of benzene rings is 1. The Morgan fingerprint density at radius 3 is 2.35 bits per heavy atom. The number of aryl methyl sites for hydroxylation is 2. The summed E-state index contributed by atoms with van der Waals surface area (Å²) in [6.07, 6.45) is 1.49. The van der Waals surface area contributed by atoms with Crippen molar-refractivity contribution in [2.24, 2.45) is 0 Å². The van der Waals surface area contributed by atoms with Crippen LogP contribution in [0.25, 0.3) is 0 Å². The molecule has 2 rings (SSSR count). The molecule has 5 heteroatoms.